The molecule has 1 heteroatoms. The Kier molecular flexibility index (Phi) is 6.83. The van der Waals surface area contributed by atoms with Crippen molar-refractivity contribution in [2.45, 2.75) is 58.4 Å². The zero-order valence-corrected chi connectivity index (χ0v) is 13.6. The fourth-order valence-electron chi connectivity index (χ4n) is 3.34. The fraction of sp³-hybridized carbons (Fsp3) is 0.600. The van der Waals surface area contributed by atoms with E-state index >= 15 is 0 Å². The third-order valence-electron chi connectivity index (χ3n) is 4.55. The maximum Gasteiger partial charge on any atom is 0.0746 e. The van der Waals surface area contributed by atoms with Gasteiger partial charge in [-0.1, -0.05) is 63.1 Å². The van der Waals surface area contributed by atoms with Crippen LogP contribution in [0.4, 0.5) is 0 Å². The van der Waals surface area contributed by atoms with E-state index in [0.29, 0.717) is 12.0 Å². The van der Waals surface area contributed by atoms with Crippen LogP contribution in [0.1, 0.15) is 57.9 Å². The Labute approximate surface area is 130 Å². The highest BCUT2D eigenvalue weighted by atomic mass is 15.2. The van der Waals surface area contributed by atoms with Crippen LogP contribution >= 0.6 is 0 Å². The Morgan fingerprint density at radius 3 is 2.38 bits per heavy atom. The smallest absolute Gasteiger partial charge is 0.0746 e. The maximum atomic E-state index is 3.62. The van der Waals surface area contributed by atoms with Gasteiger partial charge in [0.2, 0.25) is 0 Å². The third kappa shape index (κ3) is 4.90. The van der Waals surface area contributed by atoms with Crippen LogP contribution in [0.25, 0.3) is 0 Å². The molecule has 0 saturated carbocycles. The molecular weight excluding hydrogens is 254 g/mol. The lowest BCUT2D eigenvalue weighted by molar-refractivity contribution is 0.146. The second-order valence-electron chi connectivity index (χ2n) is 6.13. The van der Waals surface area contributed by atoms with Crippen LogP contribution in [-0.4, -0.2) is 24.0 Å². The molecule has 0 aliphatic carbocycles. The van der Waals surface area contributed by atoms with Gasteiger partial charge in [-0.3, -0.25) is 4.90 Å². The predicted molar refractivity (Wildman–Crippen MR) is 91.2 cm³/mol. The van der Waals surface area contributed by atoms with E-state index < -0.39 is 0 Å². The number of hydrogen-bond acceptors (Lipinski definition) is 1. The van der Waals surface area contributed by atoms with Crippen molar-refractivity contribution in [3.05, 3.63) is 35.9 Å². The van der Waals surface area contributed by atoms with Crippen molar-refractivity contribution < 1.29 is 0 Å². The summed E-state index contributed by atoms with van der Waals surface area (Å²) in [6.45, 7) is 7.07. The number of rotatable bonds is 5. The topological polar surface area (TPSA) is 3.24 Å². The molecule has 2 unspecified atom stereocenters. The average molecular weight is 283 g/mol. The number of piperidine rings is 1. The zero-order chi connectivity index (χ0) is 14.9. The van der Waals surface area contributed by atoms with Crippen molar-refractivity contribution in [1.82, 2.24) is 4.90 Å². The molecule has 0 bridgehead atoms. The van der Waals surface area contributed by atoms with E-state index in [1.54, 1.807) is 0 Å². The molecule has 2 rings (SSSR count). The summed E-state index contributed by atoms with van der Waals surface area (Å²) in [6, 6.07) is 10.9. The van der Waals surface area contributed by atoms with E-state index in [4.69, 9.17) is 0 Å². The van der Waals surface area contributed by atoms with Gasteiger partial charge >= 0.3 is 0 Å². The lowest BCUT2D eigenvalue weighted by Crippen LogP contribution is -2.42. The summed E-state index contributed by atoms with van der Waals surface area (Å²) >= 11 is 0. The molecule has 1 aromatic rings. The minimum Gasteiger partial charge on any atom is -0.290 e. The lowest BCUT2D eigenvalue weighted by Gasteiger charge is -2.36. The first-order valence-corrected chi connectivity index (χ1v) is 8.65. The van der Waals surface area contributed by atoms with Crippen LogP contribution in [0, 0.1) is 17.8 Å². The van der Waals surface area contributed by atoms with E-state index in [1.165, 1.54) is 51.6 Å². The fourth-order valence-corrected chi connectivity index (χ4v) is 3.34. The van der Waals surface area contributed by atoms with Crippen molar-refractivity contribution in [2.75, 3.05) is 13.1 Å². The van der Waals surface area contributed by atoms with Crippen molar-refractivity contribution in [3.63, 3.8) is 0 Å². The summed E-state index contributed by atoms with van der Waals surface area (Å²) in [5.74, 6) is 7.75. The molecule has 0 radical (unpaired) electrons. The highest BCUT2D eigenvalue weighted by Gasteiger charge is 2.25. The van der Waals surface area contributed by atoms with Crippen molar-refractivity contribution in [1.29, 1.82) is 0 Å². The Balaban J connectivity index is 2.16. The molecule has 0 spiro atoms. The molecule has 114 valence electrons. The molecule has 21 heavy (non-hydrogen) atoms. The molecule has 1 heterocycles. The highest BCUT2D eigenvalue weighted by Crippen LogP contribution is 2.23. The Bertz CT molecular complexity index is 443. The van der Waals surface area contributed by atoms with Crippen LogP contribution < -0.4 is 0 Å². The zero-order valence-electron chi connectivity index (χ0n) is 13.6. The summed E-state index contributed by atoms with van der Waals surface area (Å²) in [5, 5.41) is 0. The van der Waals surface area contributed by atoms with E-state index in [1.807, 2.05) is 0 Å². The van der Waals surface area contributed by atoms with Crippen molar-refractivity contribution in [2.24, 2.45) is 5.92 Å². The first-order chi connectivity index (χ1) is 10.3. The van der Waals surface area contributed by atoms with Gasteiger partial charge in [-0.25, -0.2) is 0 Å². The number of nitrogens with zero attached hydrogens (tertiary/aromatic N) is 1. The quantitative estimate of drug-likeness (QED) is 0.707. The Hall–Kier alpha value is -1.26. The van der Waals surface area contributed by atoms with Crippen LogP contribution in [0.15, 0.2) is 30.3 Å². The number of likely N-dealkylation sites (tertiary alicyclic amines) is 1. The highest BCUT2D eigenvalue weighted by molar-refractivity contribution is 5.35. The molecule has 0 amide bonds. The standard InChI is InChI=1S/C20H29N/c1-3-11-19(4-2)20(21-16-9-6-10-17-21)15-14-18-12-7-5-8-13-18/h5,7-8,12-13,19-20H,3-4,6,9-11,16-17H2,1-2H3. The number of benzene rings is 1. The van der Waals surface area contributed by atoms with E-state index in [9.17, 15) is 0 Å². The summed E-state index contributed by atoms with van der Waals surface area (Å²) in [5.41, 5.74) is 1.14. The second-order valence-corrected chi connectivity index (χ2v) is 6.13. The summed E-state index contributed by atoms with van der Waals surface area (Å²) < 4.78 is 0. The van der Waals surface area contributed by atoms with Gasteiger partial charge in [-0.2, -0.15) is 0 Å². The molecule has 1 aromatic carbocycles. The van der Waals surface area contributed by atoms with Gasteiger partial charge in [0.1, 0.15) is 0 Å². The molecule has 1 aliphatic heterocycles. The molecule has 0 N–H and O–H groups in total. The molecule has 1 fully saturated rings. The summed E-state index contributed by atoms with van der Waals surface area (Å²) in [6.07, 6.45) is 7.85. The van der Waals surface area contributed by atoms with Gasteiger partial charge in [-0.05, 0) is 50.4 Å². The van der Waals surface area contributed by atoms with Crippen LogP contribution in [0.2, 0.25) is 0 Å². The first-order valence-electron chi connectivity index (χ1n) is 8.65. The second kappa shape index (κ2) is 8.90. The van der Waals surface area contributed by atoms with Crippen molar-refractivity contribution >= 4 is 0 Å². The normalized spacial score (nSPS) is 18.6. The van der Waals surface area contributed by atoms with Crippen LogP contribution in [-0.2, 0) is 0 Å². The van der Waals surface area contributed by atoms with E-state index in [0.717, 1.165) is 5.56 Å². The van der Waals surface area contributed by atoms with Gasteiger partial charge in [0.25, 0.3) is 0 Å². The SMILES string of the molecule is CCCC(CC)C(C#Cc1ccccc1)N1CCCCC1. The first kappa shape index (κ1) is 16.1. The third-order valence-corrected chi connectivity index (χ3v) is 4.55. The molecule has 1 aliphatic rings. The van der Waals surface area contributed by atoms with Gasteiger partial charge < -0.3 is 0 Å². The van der Waals surface area contributed by atoms with Gasteiger partial charge in [0, 0.05) is 5.56 Å². The molecule has 2 atom stereocenters. The molecular formula is C20H29N. The van der Waals surface area contributed by atoms with Crippen LogP contribution in [0.5, 0.6) is 0 Å². The summed E-state index contributed by atoms with van der Waals surface area (Å²) in [4.78, 5) is 2.64. The van der Waals surface area contributed by atoms with Gasteiger partial charge in [-0.15, -0.1) is 0 Å². The number of hydrogen-bond donors (Lipinski definition) is 0. The Morgan fingerprint density at radius 1 is 1.05 bits per heavy atom. The largest absolute Gasteiger partial charge is 0.290 e. The van der Waals surface area contributed by atoms with Gasteiger partial charge in [0.15, 0.2) is 0 Å². The molecule has 0 aromatic heterocycles. The minimum absolute atomic E-state index is 0.440. The maximum absolute atomic E-state index is 3.62. The van der Waals surface area contributed by atoms with E-state index in [2.05, 4.69) is 60.9 Å². The summed E-state index contributed by atoms with van der Waals surface area (Å²) in [7, 11) is 0. The van der Waals surface area contributed by atoms with Crippen molar-refractivity contribution in [3.8, 4) is 11.8 Å². The predicted octanol–water partition coefficient (Wildman–Crippen LogP) is 4.72. The molecule has 1 saturated heterocycles. The monoisotopic (exact) mass is 283 g/mol. The Morgan fingerprint density at radius 2 is 1.76 bits per heavy atom. The van der Waals surface area contributed by atoms with Crippen LogP contribution in [0.3, 0.4) is 0 Å². The van der Waals surface area contributed by atoms with Gasteiger partial charge in [0.05, 0.1) is 6.04 Å². The minimum atomic E-state index is 0.440. The average Bonchev–Trinajstić information content (AvgIpc) is 2.56. The van der Waals surface area contributed by atoms with E-state index in [-0.39, 0.29) is 0 Å². The lowest BCUT2D eigenvalue weighted by atomic mass is 9.90. The molecule has 1 nitrogen and oxygen atoms in total.